The van der Waals surface area contributed by atoms with E-state index in [1.165, 1.54) is 5.56 Å². The summed E-state index contributed by atoms with van der Waals surface area (Å²) in [5.74, 6) is 0. The van der Waals surface area contributed by atoms with Gasteiger partial charge >= 0.3 is 0 Å². The van der Waals surface area contributed by atoms with Crippen LogP contribution in [0.5, 0.6) is 0 Å². The molecule has 0 atom stereocenters. The lowest BCUT2D eigenvalue weighted by atomic mass is 10.1. The summed E-state index contributed by atoms with van der Waals surface area (Å²) in [4.78, 5) is 4.54. The number of thiazole rings is 1. The summed E-state index contributed by atoms with van der Waals surface area (Å²) < 4.78 is 1.11. The quantitative estimate of drug-likeness (QED) is 0.642. The molecule has 3 rings (SSSR count). The molecule has 1 aromatic heterocycles. The van der Waals surface area contributed by atoms with E-state index in [1.807, 2.05) is 42.5 Å². The molecule has 0 aliphatic carbocycles. The molecule has 3 aromatic rings. The summed E-state index contributed by atoms with van der Waals surface area (Å²) in [6, 6.07) is 18.5. The number of fused-ring (bicyclic) bond motifs is 1. The Labute approximate surface area is 128 Å². The van der Waals surface area contributed by atoms with Gasteiger partial charge in [-0.15, -0.1) is 11.3 Å². The minimum atomic E-state index is 0.612. The van der Waals surface area contributed by atoms with Gasteiger partial charge in [-0.05, 0) is 35.8 Å². The maximum atomic E-state index is 9.42. The van der Waals surface area contributed by atoms with Gasteiger partial charge in [-0.1, -0.05) is 43.3 Å². The van der Waals surface area contributed by atoms with Crippen LogP contribution in [0.25, 0.3) is 21.9 Å². The second kappa shape index (κ2) is 5.90. The van der Waals surface area contributed by atoms with Crippen LogP contribution < -0.4 is 0 Å². The van der Waals surface area contributed by atoms with Gasteiger partial charge in [0.15, 0.2) is 0 Å². The van der Waals surface area contributed by atoms with Crippen LogP contribution in [0.1, 0.15) is 23.1 Å². The van der Waals surface area contributed by atoms with Crippen molar-refractivity contribution in [1.82, 2.24) is 4.98 Å². The van der Waals surface area contributed by atoms with E-state index in [1.54, 1.807) is 11.3 Å². The third kappa shape index (κ3) is 2.86. The molecule has 0 fully saturated rings. The van der Waals surface area contributed by atoms with Gasteiger partial charge in [0.1, 0.15) is 11.1 Å². The molecule has 0 saturated heterocycles. The van der Waals surface area contributed by atoms with E-state index in [9.17, 15) is 5.26 Å². The first-order chi connectivity index (χ1) is 10.3. The first kappa shape index (κ1) is 13.5. The standard InChI is InChI=1S/C18H14N2S/c1-2-13-7-9-14(10-8-13)11-15(12-19)18-20-16-5-3-4-6-17(16)21-18/h3-11H,2H2,1H3/b15-11+. The highest BCUT2D eigenvalue weighted by atomic mass is 32.1. The summed E-state index contributed by atoms with van der Waals surface area (Å²) in [5.41, 5.74) is 3.88. The zero-order chi connectivity index (χ0) is 14.7. The Bertz CT molecular complexity index is 803. The number of aromatic nitrogens is 1. The Morgan fingerprint density at radius 2 is 1.95 bits per heavy atom. The number of rotatable bonds is 3. The summed E-state index contributed by atoms with van der Waals surface area (Å²) >= 11 is 1.55. The zero-order valence-electron chi connectivity index (χ0n) is 11.7. The molecule has 0 N–H and O–H groups in total. The number of nitrogens with zero attached hydrogens (tertiary/aromatic N) is 2. The highest BCUT2D eigenvalue weighted by Gasteiger charge is 2.08. The maximum absolute atomic E-state index is 9.42. The molecule has 0 saturated carbocycles. The third-order valence-corrected chi connectivity index (χ3v) is 4.41. The van der Waals surface area contributed by atoms with Gasteiger partial charge in [0.2, 0.25) is 0 Å². The van der Waals surface area contributed by atoms with Crippen molar-refractivity contribution in [3.8, 4) is 6.07 Å². The summed E-state index contributed by atoms with van der Waals surface area (Å²) in [6.07, 6.45) is 2.92. The lowest BCUT2D eigenvalue weighted by Crippen LogP contribution is -1.82. The van der Waals surface area contributed by atoms with Crippen LogP contribution in [0, 0.1) is 11.3 Å². The van der Waals surface area contributed by atoms with Crippen LogP contribution in [0.3, 0.4) is 0 Å². The van der Waals surface area contributed by atoms with Gasteiger partial charge in [0, 0.05) is 0 Å². The van der Waals surface area contributed by atoms with Crippen LogP contribution >= 0.6 is 11.3 Å². The van der Waals surface area contributed by atoms with Gasteiger partial charge < -0.3 is 0 Å². The molecule has 0 radical (unpaired) electrons. The average molecular weight is 290 g/mol. The van der Waals surface area contributed by atoms with Crippen LogP contribution in [0.15, 0.2) is 48.5 Å². The third-order valence-electron chi connectivity index (χ3n) is 3.34. The molecule has 0 spiro atoms. The normalized spacial score (nSPS) is 11.5. The van der Waals surface area contributed by atoms with Crippen molar-refractivity contribution in [2.24, 2.45) is 0 Å². The first-order valence-electron chi connectivity index (χ1n) is 6.87. The highest BCUT2D eigenvalue weighted by Crippen LogP contribution is 2.27. The van der Waals surface area contributed by atoms with Gasteiger partial charge in [-0.2, -0.15) is 5.26 Å². The molecule has 1 heterocycles. The number of hydrogen-bond donors (Lipinski definition) is 0. The van der Waals surface area contributed by atoms with Crippen molar-refractivity contribution >= 4 is 33.2 Å². The second-order valence-corrected chi connectivity index (χ2v) is 5.78. The van der Waals surface area contributed by atoms with Gasteiger partial charge in [-0.3, -0.25) is 0 Å². The maximum Gasteiger partial charge on any atom is 0.135 e. The lowest BCUT2D eigenvalue weighted by Gasteiger charge is -1.98. The van der Waals surface area contributed by atoms with Crippen molar-refractivity contribution < 1.29 is 0 Å². The summed E-state index contributed by atoms with van der Waals surface area (Å²) in [6.45, 7) is 2.13. The van der Waals surface area contributed by atoms with Crippen LogP contribution in [-0.4, -0.2) is 4.98 Å². The van der Waals surface area contributed by atoms with Crippen molar-refractivity contribution in [3.63, 3.8) is 0 Å². The molecule has 2 nitrogen and oxygen atoms in total. The molecule has 0 unspecified atom stereocenters. The number of nitriles is 1. The molecule has 0 aliphatic heterocycles. The number of hydrogen-bond acceptors (Lipinski definition) is 3. The Morgan fingerprint density at radius 3 is 2.62 bits per heavy atom. The second-order valence-electron chi connectivity index (χ2n) is 4.75. The van der Waals surface area contributed by atoms with E-state index in [0.717, 1.165) is 27.2 Å². The minimum absolute atomic E-state index is 0.612. The number of allylic oxidation sites excluding steroid dienone is 1. The summed E-state index contributed by atoms with van der Waals surface area (Å²) in [5, 5.41) is 10.2. The van der Waals surface area contributed by atoms with E-state index in [2.05, 4.69) is 30.1 Å². The van der Waals surface area contributed by atoms with Gasteiger partial charge in [0.05, 0.1) is 15.8 Å². The average Bonchev–Trinajstić information content (AvgIpc) is 2.97. The molecule has 3 heteroatoms. The van der Waals surface area contributed by atoms with E-state index < -0.39 is 0 Å². The molecule has 0 aliphatic rings. The first-order valence-corrected chi connectivity index (χ1v) is 7.68. The fourth-order valence-electron chi connectivity index (χ4n) is 2.15. The predicted molar refractivity (Wildman–Crippen MR) is 88.9 cm³/mol. The Morgan fingerprint density at radius 1 is 1.19 bits per heavy atom. The molecule has 0 amide bonds. The van der Waals surface area contributed by atoms with E-state index in [0.29, 0.717) is 5.57 Å². The zero-order valence-corrected chi connectivity index (χ0v) is 12.5. The van der Waals surface area contributed by atoms with Crippen molar-refractivity contribution in [2.75, 3.05) is 0 Å². The van der Waals surface area contributed by atoms with Gasteiger partial charge in [-0.25, -0.2) is 4.98 Å². The smallest absolute Gasteiger partial charge is 0.135 e. The monoisotopic (exact) mass is 290 g/mol. The molecular weight excluding hydrogens is 276 g/mol. The SMILES string of the molecule is CCc1ccc(/C=C(\C#N)c2nc3ccccc3s2)cc1. The van der Waals surface area contributed by atoms with E-state index in [-0.39, 0.29) is 0 Å². The number of aryl methyl sites for hydroxylation is 1. The van der Waals surface area contributed by atoms with E-state index in [4.69, 9.17) is 0 Å². The number of para-hydroxylation sites is 1. The van der Waals surface area contributed by atoms with E-state index >= 15 is 0 Å². The summed E-state index contributed by atoms with van der Waals surface area (Å²) in [7, 11) is 0. The van der Waals surface area contributed by atoms with Crippen LogP contribution in [0.4, 0.5) is 0 Å². The minimum Gasteiger partial charge on any atom is -0.235 e. The Kier molecular flexibility index (Phi) is 3.81. The van der Waals surface area contributed by atoms with Crippen LogP contribution in [0.2, 0.25) is 0 Å². The topological polar surface area (TPSA) is 36.7 Å². The fraction of sp³-hybridized carbons (Fsp3) is 0.111. The predicted octanol–water partition coefficient (Wildman–Crippen LogP) is 4.92. The molecule has 0 bridgehead atoms. The van der Waals surface area contributed by atoms with Gasteiger partial charge in [0.25, 0.3) is 0 Å². The van der Waals surface area contributed by atoms with Crippen molar-refractivity contribution in [1.29, 1.82) is 5.26 Å². The van der Waals surface area contributed by atoms with Crippen molar-refractivity contribution in [3.05, 3.63) is 64.7 Å². The molecule has 2 aromatic carbocycles. The molecular formula is C18H14N2S. The Hall–Kier alpha value is -2.44. The Balaban J connectivity index is 2.00. The molecule has 102 valence electrons. The largest absolute Gasteiger partial charge is 0.235 e. The highest BCUT2D eigenvalue weighted by molar-refractivity contribution is 7.19. The van der Waals surface area contributed by atoms with Crippen molar-refractivity contribution in [2.45, 2.75) is 13.3 Å². The number of benzene rings is 2. The van der Waals surface area contributed by atoms with Crippen LogP contribution in [-0.2, 0) is 6.42 Å². The molecule has 21 heavy (non-hydrogen) atoms. The lowest BCUT2D eigenvalue weighted by molar-refractivity contribution is 1.14. The fourth-order valence-corrected chi connectivity index (χ4v) is 3.08.